The fourth-order valence-electron chi connectivity index (χ4n) is 3.58. The van der Waals surface area contributed by atoms with Crippen LogP contribution >= 0.6 is 0 Å². The van der Waals surface area contributed by atoms with Gasteiger partial charge in [-0.05, 0) is 44.4 Å². The predicted molar refractivity (Wildman–Crippen MR) is 91.7 cm³/mol. The van der Waals surface area contributed by atoms with E-state index < -0.39 is 0 Å². The zero-order valence-corrected chi connectivity index (χ0v) is 14.0. The second-order valence-corrected chi connectivity index (χ2v) is 6.46. The molecule has 3 heterocycles. The van der Waals surface area contributed by atoms with Crippen LogP contribution < -0.4 is 0 Å². The van der Waals surface area contributed by atoms with E-state index in [1.54, 1.807) is 0 Å². The number of likely N-dealkylation sites (tertiary alicyclic amines) is 1. The first-order valence-electron chi connectivity index (χ1n) is 8.39. The smallest absolute Gasteiger partial charge is 0.274 e. The molecule has 1 fully saturated rings. The number of benzene rings is 1. The Morgan fingerprint density at radius 1 is 1.29 bits per heavy atom. The first kappa shape index (κ1) is 14.9. The van der Waals surface area contributed by atoms with Crippen LogP contribution in [0.2, 0.25) is 0 Å². The van der Waals surface area contributed by atoms with E-state index in [-0.39, 0.29) is 11.9 Å². The molecule has 0 unspecified atom stereocenters. The van der Waals surface area contributed by atoms with Crippen LogP contribution in [-0.4, -0.2) is 37.1 Å². The maximum absolute atomic E-state index is 12.9. The molecule has 6 nitrogen and oxygen atoms in total. The summed E-state index contributed by atoms with van der Waals surface area (Å²) >= 11 is 0. The topological polar surface area (TPSA) is 66.8 Å². The molecule has 1 aromatic carbocycles. The Kier molecular flexibility index (Phi) is 3.59. The fourth-order valence-corrected chi connectivity index (χ4v) is 3.58. The Balaban J connectivity index is 1.73. The minimum absolute atomic E-state index is 0.000608. The molecular formula is C18H21N5O. The highest BCUT2D eigenvalue weighted by atomic mass is 16.2. The van der Waals surface area contributed by atoms with E-state index in [1.165, 1.54) is 0 Å². The fraction of sp³-hybridized carbons (Fsp3) is 0.389. The highest BCUT2D eigenvalue weighted by Gasteiger charge is 2.32. The molecule has 1 atom stereocenters. The lowest BCUT2D eigenvalue weighted by Crippen LogP contribution is -2.39. The number of hydrogen-bond acceptors (Lipinski definition) is 3. The molecule has 124 valence electrons. The minimum atomic E-state index is -0.0175. The van der Waals surface area contributed by atoms with Gasteiger partial charge in [-0.25, -0.2) is 4.98 Å². The molecule has 1 aliphatic heterocycles. The van der Waals surface area contributed by atoms with E-state index in [2.05, 4.69) is 20.8 Å². The number of H-pyrrole nitrogens is 1. The Morgan fingerprint density at radius 2 is 2.12 bits per heavy atom. The number of aromatic amines is 1. The van der Waals surface area contributed by atoms with Crippen molar-refractivity contribution in [3.63, 3.8) is 0 Å². The van der Waals surface area contributed by atoms with Crippen molar-refractivity contribution < 1.29 is 4.79 Å². The maximum atomic E-state index is 12.9. The average molecular weight is 323 g/mol. The number of carbonyl (C=O) groups is 1. The molecule has 3 aromatic rings. The van der Waals surface area contributed by atoms with Crippen LogP contribution in [0, 0.1) is 6.92 Å². The third-order valence-corrected chi connectivity index (χ3v) is 4.81. The van der Waals surface area contributed by atoms with Crippen LogP contribution in [0.5, 0.6) is 0 Å². The molecule has 2 aromatic heterocycles. The number of amides is 1. The molecule has 0 spiro atoms. The normalized spacial score (nSPS) is 18.2. The van der Waals surface area contributed by atoms with E-state index in [0.29, 0.717) is 5.69 Å². The van der Waals surface area contributed by atoms with Gasteiger partial charge in [-0.3, -0.25) is 9.89 Å². The van der Waals surface area contributed by atoms with Crippen molar-refractivity contribution in [3.05, 3.63) is 47.5 Å². The predicted octanol–water partition coefficient (Wildman–Crippen LogP) is 2.97. The number of nitrogens with one attached hydrogen (secondary N) is 1. The molecular weight excluding hydrogens is 302 g/mol. The summed E-state index contributed by atoms with van der Waals surface area (Å²) in [6.45, 7) is 2.65. The summed E-state index contributed by atoms with van der Waals surface area (Å²) in [6.07, 6.45) is 3.07. The van der Waals surface area contributed by atoms with Crippen molar-refractivity contribution in [2.75, 3.05) is 6.54 Å². The van der Waals surface area contributed by atoms with Crippen LogP contribution in [0.4, 0.5) is 0 Å². The number of para-hydroxylation sites is 2. The number of aromatic nitrogens is 4. The largest absolute Gasteiger partial charge is 0.329 e. The van der Waals surface area contributed by atoms with Gasteiger partial charge in [0.1, 0.15) is 11.5 Å². The first-order valence-corrected chi connectivity index (χ1v) is 8.39. The van der Waals surface area contributed by atoms with Gasteiger partial charge in [0, 0.05) is 19.3 Å². The highest BCUT2D eigenvalue weighted by molar-refractivity contribution is 5.92. The Labute approximate surface area is 140 Å². The lowest BCUT2D eigenvalue weighted by Gasteiger charge is -2.34. The van der Waals surface area contributed by atoms with Crippen molar-refractivity contribution in [1.29, 1.82) is 0 Å². The zero-order chi connectivity index (χ0) is 16.7. The summed E-state index contributed by atoms with van der Waals surface area (Å²) < 4.78 is 2.11. The van der Waals surface area contributed by atoms with Gasteiger partial charge in [0.05, 0.1) is 17.1 Å². The van der Waals surface area contributed by atoms with Gasteiger partial charge in [0.25, 0.3) is 5.91 Å². The summed E-state index contributed by atoms with van der Waals surface area (Å²) in [5, 5.41) is 7.00. The number of aryl methyl sites for hydroxylation is 2. The van der Waals surface area contributed by atoms with Gasteiger partial charge in [0.15, 0.2) is 0 Å². The number of hydrogen-bond donors (Lipinski definition) is 1. The number of nitrogens with zero attached hydrogens (tertiary/aromatic N) is 4. The molecule has 0 saturated carbocycles. The molecule has 1 amide bonds. The van der Waals surface area contributed by atoms with E-state index in [9.17, 15) is 4.79 Å². The van der Waals surface area contributed by atoms with Crippen molar-refractivity contribution in [1.82, 2.24) is 24.6 Å². The molecule has 6 heteroatoms. The molecule has 0 aliphatic carbocycles. The monoisotopic (exact) mass is 323 g/mol. The van der Waals surface area contributed by atoms with Gasteiger partial charge in [-0.1, -0.05) is 12.1 Å². The lowest BCUT2D eigenvalue weighted by molar-refractivity contribution is 0.0591. The molecule has 0 bridgehead atoms. The van der Waals surface area contributed by atoms with Crippen molar-refractivity contribution in [3.8, 4) is 0 Å². The Hall–Kier alpha value is -2.63. The van der Waals surface area contributed by atoms with Gasteiger partial charge < -0.3 is 9.47 Å². The summed E-state index contributed by atoms with van der Waals surface area (Å²) in [5.41, 5.74) is 3.46. The summed E-state index contributed by atoms with van der Waals surface area (Å²) in [5.74, 6) is 0.938. The third kappa shape index (κ3) is 2.38. The van der Waals surface area contributed by atoms with Gasteiger partial charge >= 0.3 is 0 Å². The maximum Gasteiger partial charge on any atom is 0.274 e. The van der Waals surface area contributed by atoms with Crippen LogP contribution in [0.1, 0.15) is 47.3 Å². The second-order valence-electron chi connectivity index (χ2n) is 6.46. The average Bonchev–Trinajstić information content (AvgIpc) is 3.18. The molecule has 4 rings (SSSR count). The van der Waals surface area contributed by atoms with E-state index >= 15 is 0 Å². The zero-order valence-electron chi connectivity index (χ0n) is 14.0. The van der Waals surface area contributed by atoms with Crippen LogP contribution in [0.25, 0.3) is 11.0 Å². The summed E-state index contributed by atoms with van der Waals surface area (Å²) in [4.78, 5) is 19.7. The standard InChI is InChI=1S/C18H21N5O/c1-12-11-14(21-20-12)18(24)23-10-6-5-9-16(23)17-19-13-7-3-4-8-15(13)22(17)2/h3-4,7-8,11,16H,5-6,9-10H2,1-2H3,(H,20,21)/t16-/m1/s1. The van der Waals surface area contributed by atoms with Crippen LogP contribution in [-0.2, 0) is 7.05 Å². The summed E-state index contributed by atoms with van der Waals surface area (Å²) in [6, 6.07) is 9.91. The van der Waals surface area contributed by atoms with Gasteiger partial charge in [-0.15, -0.1) is 0 Å². The molecule has 0 radical (unpaired) electrons. The Bertz CT molecular complexity index is 894. The molecule has 1 saturated heterocycles. The van der Waals surface area contributed by atoms with Crippen LogP contribution in [0.15, 0.2) is 30.3 Å². The van der Waals surface area contributed by atoms with Gasteiger partial charge in [0.2, 0.25) is 0 Å². The number of piperidine rings is 1. The van der Waals surface area contributed by atoms with Crippen molar-refractivity contribution in [2.45, 2.75) is 32.2 Å². The molecule has 1 aliphatic rings. The number of carbonyl (C=O) groups excluding carboxylic acids is 1. The SMILES string of the molecule is Cc1cc(C(=O)N2CCCC[C@@H]2c2nc3ccccc3n2C)n[nH]1. The number of imidazole rings is 1. The molecule has 24 heavy (non-hydrogen) atoms. The third-order valence-electron chi connectivity index (χ3n) is 4.81. The number of fused-ring (bicyclic) bond motifs is 1. The number of rotatable bonds is 2. The van der Waals surface area contributed by atoms with Crippen molar-refractivity contribution in [2.24, 2.45) is 7.05 Å². The van der Waals surface area contributed by atoms with Crippen LogP contribution in [0.3, 0.4) is 0 Å². The quantitative estimate of drug-likeness (QED) is 0.788. The van der Waals surface area contributed by atoms with E-state index in [0.717, 1.165) is 48.4 Å². The Morgan fingerprint density at radius 3 is 2.88 bits per heavy atom. The highest BCUT2D eigenvalue weighted by Crippen LogP contribution is 2.32. The minimum Gasteiger partial charge on any atom is -0.329 e. The van der Waals surface area contributed by atoms with Gasteiger partial charge in [-0.2, -0.15) is 5.10 Å². The van der Waals surface area contributed by atoms with E-state index in [4.69, 9.17) is 4.98 Å². The second kappa shape index (κ2) is 5.78. The van der Waals surface area contributed by atoms with E-state index in [1.807, 2.05) is 43.1 Å². The first-order chi connectivity index (χ1) is 11.6. The lowest BCUT2D eigenvalue weighted by atomic mass is 10.0. The van der Waals surface area contributed by atoms with Crippen molar-refractivity contribution >= 4 is 16.9 Å². The summed E-state index contributed by atoms with van der Waals surface area (Å²) in [7, 11) is 2.03. The molecule has 1 N–H and O–H groups in total.